The second-order valence-electron chi connectivity index (χ2n) is 5.39. The van der Waals surface area contributed by atoms with Crippen molar-refractivity contribution in [3.05, 3.63) is 35.8 Å². The summed E-state index contributed by atoms with van der Waals surface area (Å²) in [6, 6.07) is 4.86. The number of benzene rings is 1. The Bertz CT molecular complexity index is 624. The molecule has 0 radical (unpaired) electrons. The molecule has 0 unspecified atom stereocenters. The molecule has 0 fully saturated rings. The average molecular weight is 432 g/mol. The first kappa shape index (κ1) is 19.7. The highest BCUT2D eigenvalue weighted by Gasteiger charge is 2.05. The maximum absolute atomic E-state index is 13.2. The lowest BCUT2D eigenvalue weighted by Crippen LogP contribution is -2.38. The maximum Gasteiger partial charge on any atom is 0.190 e. The van der Waals surface area contributed by atoms with Gasteiger partial charge in [-0.05, 0) is 36.6 Å². The number of aromatic amines is 1. The number of guanidine groups is 1. The van der Waals surface area contributed by atoms with E-state index in [0.717, 1.165) is 42.8 Å². The van der Waals surface area contributed by atoms with Crippen molar-refractivity contribution in [2.45, 2.75) is 32.6 Å². The summed E-state index contributed by atoms with van der Waals surface area (Å²) in [5, 5.41) is 7.70. The Kier molecular flexibility index (Phi) is 8.98. The van der Waals surface area contributed by atoms with Crippen LogP contribution in [0.4, 0.5) is 4.39 Å². The average Bonchev–Trinajstić information content (AvgIpc) is 2.92. The Labute approximate surface area is 154 Å². The largest absolute Gasteiger partial charge is 0.361 e. The monoisotopic (exact) mass is 432 g/mol. The van der Waals surface area contributed by atoms with E-state index in [2.05, 4.69) is 27.5 Å². The number of hydrogen-bond acceptors (Lipinski definition) is 1. The smallest absolute Gasteiger partial charge is 0.190 e. The van der Waals surface area contributed by atoms with Gasteiger partial charge in [-0.25, -0.2) is 4.39 Å². The van der Waals surface area contributed by atoms with Gasteiger partial charge in [-0.3, -0.25) is 4.99 Å². The summed E-state index contributed by atoms with van der Waals surface area (Å²) < 4.78 is 13.2. The van der Waals surface area contributed by atoms with Crippen LogP contribution < -0.4 is 10.6 Å². The molecule has 0 aliphatic carbocycles. The summed E-state index contributed by atoms with van der Waals surface area (Å²) in [5.74, 6) is 0.623. The molecule has 6 heteroatoms. The van der Waals surface area contributed by atoms with E-state index in [-0.39, 0.29) is 29.8 Å². The number of fused-ring (bicyclic) bond motifs is 1. The van der Waals surface area contributed by atoms with Crippen molar-refractivity contribution >= 4 is 40.8 Å². The van der Waals surface area contributed by atoms with Crippen LogP contribution in [0, 0.1) is 5.82 Å². The normalized spacial score (nSPS) is 11.3. The number of nitrogens with one attached hydrogen (secondary N) is 3. The predicted octanol–water partition coefficient (Wildman–Crippen LogP) is 3.82. The van der Waals surface area contributed by atoms with Crippen molar-refractivity contribution < 1.29 is 4.39 Å². The standard InChI is InChI=1S/C17H25FN4.HI/c1-3-4-5-9-20-17(19-2)21-10-8-13-12-22-16-11-14(18)6-7-15(13)16;/h6-7,11-12,22H,3-5,8-10H2,1-2H3,(H2,19,20,21);1H. The van der Waals surface area contributed by atoms with E-state index in [1.54, 1.807) is 7.05 Å². The van der Waals surface area contributed by atoms with Crippen molar-refractivity contribution in [2.75, 3.05) is 20.1 Å². The van der Waals surface area contributed by atoms with E-state index in [9.17, 15) is 4.39 Å². The second kappa shape index (κ2) is 10.5. The zero-order valence-electron chi connectivity index (χ0n) is 13.8. The summed E-state index contributed by atoms with van der Waals surface area (Å²) in [5.41, 5.74) is 2.03. The molecule has 0 saturated carbocycles. The minimum absolute atomic E-state index is 0. The number of rotatable bonds is 7. The molecule has 0 spiro atoms. The molecule has 1 heterocycles. The van der Waals surface area contributed by atoms with Gasteiger partial charge in [-0.1, -0.05) is 19.8 Å². The topological polar surface area (TPSA) is 52.2 Å². The SMILES string of the molecule is CCCCCNC(=NC)NCCc1c[nH]c2cc(F)ccc12.I. The van der Waals surface area contributed by atoms with Crippen molar-refractivity contribution in [3.63, 3.8) is 0 Å². The van der Waals surface area contributed by atoms with E-state index in [0.29, 0.717) is 0 Å². The van der Waals surface area contributed by atoms with Crippen LogP contribution in [0.15, 0.2) is 29.4 Å². The fraction of sp³-hybridized carbons (Fsp3) is 0.471. The van der Waals surface area contributed by atoms with Gasteiger partial charge < -0.3 is 15.6 Å². The molecule has 23 heavy (non-hydrogen) atoms. The van der Waals surface area contributed by atoms with E-state index in [1.807, 2.05) is 12.3 Å². The minimum Gasteiger partial charge on any atom is -0.361 e. The summed E-state index contributed by atoms with van der Waals surface area (Å²) in [6.45, 7) is 3.93. The van der Waals surface area contributed by atoms with Crippen molar-refractivity contribution in [1.82, 2.24) is 15.6 Å². The molecule has 0 aliphatic rings. The molecular weight excluding hydrogens is 406 g/mol. The molecule has 2 aromatic rings. The highest BCUT2D eigenvalue weighted by molar-refractivity contribution is 14.0. The third kappa shape index (κ3) is 6.01. The molecule has 0 saturated heterocycles. The van der Waals surface area contributed by atoms with Crippen LogP contribution in [0.25, 0.3) is 10.9 Å². The minimum atomic E-state index is -0.212. The molecule has 1 aromatic carbocycles. The number of hydrogen-bond donors (Lipinski definition) is 3. The van der Waals surface area contributed by atoms with Crippen LogP contribution in [0.2, 0.25) is 0 Å². The lowest BCUT2D eigenvalue weighted by molar-refractivity contribution is 0.629. The van der Waals surface area contributed by atoms with E-state index < -0.39 is 0 Å². The summed E-state index contributed by atoms with van der Waals surface area (Å²) >= 11 is 0. The van der Waals surface area contributed by atoms with Crippen LogP contribution in [0.3, 0.4) is 0 Å². The highest BCUT2D eigenvalue weighted by atomic mass is 127. The first-order valence-electron chi connectivity index (χ1n) is 7.94. The van der Waals surface area contributed by atoms with Crippen LogP contribution >= 0.6 is 24.0 Å². The zero-order chi connectivity index (χ0) is 15.8. The number of halogens is 2. The van der Waals surface area contributed by atoms with Crippen molar-refractivity contribution in [2.24, 2.45) is 4.99 Å². The number of aromatic nitrogens is 1. The summed E-state index contributed by atoms with van der Waals surface area (Å²) in [7, 11) is 1.78. The Balaban J connectivity index is 0.00000264. The molecule has 3 N–H and O–H groups in total. The molecule has 2 rings (SSSR count). The van der Waals surface area contributed by atoms with E-state index >= 15 is 0 Å². The van der Waals surface area contributed by atoms with Gasteiger partial charge >= 0.3 is 0 Å². The van der Waals surface area contributed by atoms with Crippen molar-refractivity contribution in [1.29, 1.82) is 0 Å². The fourth-order valence-electron chi connectivity index (χ4n) is 2.48. The lowest BCUT2D eigenvalue weighted by Gasteiger charge is -2.11. The van der Waals surface area contributed by atoms with Gasteiger partial charge in [-0.2, -0.15) is 0 Å². The number of H-pyrrole nitrogens is 1. The molecule has 1 aromatic heterocycles. The lowest BCUT2D eigenvalue weighted by atomic mass is 10.1. The molecule has 0 amide bonds. The molecule has 0 atom stereocenters. The second-order valence-corrected chi connectivity index (χ2v) is 5.39. The Morgan fingerprint density at radius 3 is 2.74 bits per heavy atom. The third-order valence-electron chi connectivity index (χ3n) is 3.71. The summed E-state index contributed by atoms with van der Waals surface area (Å²) in [6.07, 6.45) is 6.42. The molecular formula is C17H26FIN4. The van der Waals surface area contributed by atoms with Crippen LogP contribution in [0.5, 0.6) is 0 Å². The third-order valence-corrected chi connectivity index (χ3v) is 3.71. The number of nitrogens with zero attached hydrogens (tertiary/aromatic N) is 1. The molecule has 0 bridgehead atoms. The first-order valence-corrected chi connectivity index (χ1v) is 7.94. The first-order chi connectivity index (χ1) is 10.7. The van der Waals surface area contributed by atoms with Gasteiger partial charge in [0.1, 0.15) is 5.82 Å². The van der Waals surface area contributed by atoms with Crippen molar-refractivity contribution in [3.8, 4) is 0 Å². The Morgan fingerprint density at radius 1 is 1.22 bits per heavy atom. The van der Waals surface area contributed by atoms with E-state index in [1.165, 1.54) is 30.5 Å². The number of unbranched alkanes of at least 4 members (excludes halogenated alkanes) is 2. The molecule has 128 valence electrons. The van der Waals surface area contributed by atoms with Crippen LogP contribution in [-0.2, 0) is 6.42 Å². The van der Waals surface area contributed by atoms with Gasteiger partial charge in [0.25, 0.3) is 0 Å². The van der Waals surface area contributed by atoms with Crippen LogP contribution in [-0.4, -0.2) is 31.1 Å². The maximum atomic E-state index is 13.2. The van der Waals surface area contributed by atoms with Crippen LogP contribution in [0.1, 0.15) is 31.7 Å². The molecule has 4 nitrogen and oxygen atoms in total. The Hall–Kier alpha value is -1.31. The van der Waals surface area contributed by atoms with E-state index in [4.69, 9.17) is 0 Å². The highest BCUT2D eigenvalue weighted by Crippen LogP contribution is 2.19. The summed E-state index contributed by atoms with van der Waals surface area (Å²) in [4.78, 5) is 7.33. The Morgan fingerprint density at radius 2 is 2.00 bits per heavy atom. The van der Waals surface area contributed by atoms with Gasteiger partial charge in [0.2, 0.25) is 0 Å². The van der Waals surface area contributed by atoms with Gasteiger partial charge in [0.15, 0.2) is 5.96 Å². The van der Waals surface area contributed by atoms with Gasteiger partial charge in [-0.15, -0.1) is 24.0 Å². The van der Waals surface area contributed by atoms with Gasteiger partial charge in [0.05, 0.1) is 0 Å². The quantitative estimate of drug-likeness (QED) is 0.270. The number of aliphatic imine (C=N–C) groups is 1. The fourth-order valence-corrected chi connectivity index (χ4v) is 2.48. The predicted molar refractivity (Wildman–Crippen MR) is 106 cm³/mol. The van der Waals surface area contributed by atoms with Gasteiger partial charge in [0, 0.05) is 37.2 Å². The zero-order valence-corrected chi connectivity index (χ0v) is 16.1. The molecule has 0 aliphatic heterocycles.